The minimum absolute atomic E-state index is 0.0310. The molecule has 0 aromatic heterocycles. The van der Waals surface area contributed by atoms with E-state index in [1.165, 1.54) is 6.07 Å². The van der Waals surface area contributed by atoms with Crippen molar-refractivity contribution >= 4 is 36.6 Å². The van der Waals surface area contributed by atoms with Crippen LogP contribution >= 0.6 is 30.9 Å². The van der Waals surface area contributed by atoms with Crippen molar-refractivity contribution in [1.82, 2.24) is 0 Å². The molecule has 0 spiro atoms. The zero-order valence-corrected chi connectivity index (χ0v) is 9.11. The van der Waals surface area contributed by atoms with E-state index in [4.69, 9.17) is 28.7 Å². The molecule has 0 aliphatic carbocycles. The van der Waals surface area contributed by atoms with Crippen molar-refractivity contribution in [2.24, 2.45) is 5.50 Å². The van der Waals surface area contributed by atoms with Crippen LogP contribution in [-0.4, -0.2) is 5.11 Å². The van der Waals surface area contributed by atoms with Gasteiger partial charge in [0.05, 0.1) is 5.02 Å². The van der Waals surface area contributed by atoms with Gasteiger partial charge in [0.1, 0.15) is 11.4 Å². The molecular formula is C6H6Cl2N2O3P-. The van der Waals surface area contributed by atoms with Crippen molar-refractivity contribution in [3.63, 3.8) is 0 Å². The van der Waals surface area contributed by atoms with Gasteiger partial charge in [-0.25, -0.2) is 0 Å². The normalized spacial score (nSPS) is 14.9. The summed E-state index contributed by atoms with van der Waals surface area (Å²) in [7, 11) is -4.24. The summed E-state index contributed by atoms with van der Waals surface area (Å²) in [6, 6.07) is 2.42. The first-order valence-electron chi connectivity index (χ1n) is 3.35. The van der Waals surface area contributed by atoms with Gasteiger partial charge >= 0.3 is 0 Å². The third kappa shape index (κ3) is 3.04. The minimum Gasteiger partial charge on any atom is -0.772 e. The highest BCUT2D eigenvalue weighted by Gasteiger charge is 2.11. The average molecular weight is 256 g/mol. The Hall–Kier alpha value is -0.450. The fourth-order valence-electron chi connectivity index (χ4n) is 0.827. The number of nitrogens with two attached hydrogens (primary N) is 1. The monoisotopic (exact) mass is 255 g/mol. The Balaban J connectivity index is 3.15. The number of phenolic OH excluding ortho intramolecular Hbond substituents is 1. The Labute approximate surface area is 90.0 Å². The van der Waals surface area contributed by atoms with E-state index in [0.29, 0.717) is 0 Å². The second kappa shape index (κ2) is 3.96. The van der Waals surface area contributed by atoms with E-state index in [-0.39, 0.29) is 21.5 Å². The number of nitrogens with one attached hydrogen (secondary N) is 1. The van der Waals surface area contributed by atoms with Crippen molar-refractivity contribution in [1.29, 1.82) is 0 Å². The summed E-state index contributed by atoms with van der Waals surface area (Å²) >= 11 is 11.2. The molecule has 0 bridgehead atoms. The second-order valence-corrected chi connectivity index (χ2v) is 4.75. The van der Waals surface area contributed by atoms with Crippen LogP contribution in [0.15, 0.2) is 12.1 Å². The summed E-state index contributed by atoms with van der Waals surface area (Å²) < 4.78 is 10.7. The van der Waals surface area contributed by atoms with E-state index in [0.717, 1.165) is 6.07 Å². The predicted octanol–water partition coefficient (Wildman–Crippen LogP) is 1.54. The first-order valence-corrected chi connectivity index (χ1v) is 5.80. The van der Waals surface area contributed by atoms with Gasteiger partial charge in [0.15, 0.2) is 7.67 Å². The summed E-state index contributed by atoms with van der Waals surface area (Å²) in [6.45, 7) is 0. The van der Waals surface area contributed by atoms with Crippen molar-refractivity contribution in [3.8, 4) is 5.75 Å². The van der Waals surface area contributed by atoms with E-state index in [1.807, 2.05) is 5.09 Å². The lowest BCUT2D eigenvalue weighted by Crippen LogP contribution is -2.17. The summed E-state index contributed by atoms with van der Waals surface area (Å²) in [5, 5.41) is 11.3. The number of phenols is 1. The lowest BCUT2D eigenvalue weighted by molar-refractivity contribution is -0.173. The molecule has 4 N–H and O–H groups in total. The van der Waals surface area contributed by atoms with Gasteiger partial charge in [-0.2, -0.15) is 0 Å². The maximum atomic E-state index is 10.7. The molecule has 0 saturated carbocycles. The molecule has 1 aromatic rings. The average Bonchev–Trinajstić information content (AvgIpc) is 1.95. The first kappa shape index (κ1) is 11.6. The number of rotatable bonds is 2. The van der Waals surface area contributed by atoms with Crippen LogP contribution in [0.2, 0.25) is 10.0 Å². The first-order chi connectivity index (χ1) is 6.29. The highest BCUT2D eigenvalue weighted by Crippen LogP contribution is 2.40. The molecule has 0 aliphatic rings. The quantitative estimate of drug-likeness (QED) is 0.550. The summed E-state index contributed by atoms with van der Waals surface area (Å²) in [4.78, 5) is 10.7. The van der Waals surface area contributed by atoms with Crippen LogP contribution in [0.1, 0.15) is 0 Å². The van der Waals surface area contributed by atoms with Crippen LogP contribution in [0.4, 0.5) is 5.69 Å². The largest absolute Gasteiger partial charge is 0.772 e. The molecule has 0 heterocycles. The van der Waals surface area contributed by atoms with Crippen LogP contribution < -0.4 is 15.5 Å². The maximum absolute atomic E-state index is 10.7. The maximum Gasteiger partial charge on any atom is 0.165 e. The van der Waals surface area contributed by atoms with Gasteiger partial charge in [0, 0.05) is 11.1 Å². The van der Waals surface area contributed by atoms with E-state index >= 15 is 0 Å². The highest BCUT2D eigenvalue weighted by molar-refractivity contribution is 7.55. The standard InChI is InChI=1S/C6H7Cl2N2O3P/c7-3-1-4(8)6(5(11)2-3)10-14(9,12)13/h1-2,11H,(H4,9,10,12,13)/p-1. The highest BCUT2D eigenvalue weighted by atomic mass is 35.5. The summed E-state index contributed by atoms with van der Waals surface area (Å²) in [5.41, 5.74) is 4.55. The van der Waals surface area contributed by atoms with Crippen LogP contribution in [0.25, 0.3) is 0 Å². The van der Waals surface area contributed by atoms with Crippen molar-refractivity contribution in [3.05, 3.63) is 22.2 Å². The number of benzene rings is 1. The molecule has 0 aliphatic heterocycles. The number of anilines is 1. The van der Waals surface area contributed by atoms with Gasteiger partial charge in [-0.3, -0.25) is 10.1 Å². The fraction of sp³-hybridized carbons (Fsp3) is 0. The molecule has 5 nitrogen and oxygen atoms in total. The number of hydrogen-bond donors (Lipinski definition) is 3. The predicted molar refractivity (Wildman–Crippen MR) is 53.5 cm³/mol. The van der Waals surface area contributed by atoms with Crippen molar-refractivity contribution in [2.45, 2.75) is 0 Å². The van der Waals surface area contributed by atoms with Crippen LogP contribution in [0, 0.1) is 0 Å². The minimum atomic E-state index is -4.24. The van der Waals surface area contributed by atoms with E-state index < -0.39 is 7.67 Å². The number of hydrogen-bond acceptors (Lipinski definition) is 3. The fourth-order valence-corrected chi connectivity index (χ4v) is 1.97. The molecule has 1 atom stereocenters. The smallest absolute Gasteiger partial charge is 0.165 e. The molecule has 14 heavy (non-hydrogen) atoms. The lowest BCUT2D eigenvalue weighted by Gasteiger charge is -2.21. The molecule has 0 saturated heterocycles. The molecule has 8 heteroatoms. The third-order valence-electron chi connectivity index (χ3n) is 1.30. The van der Waals surface area contributed by atoms with E-state index in [1.54, 1.807) is 0 Å². The van der Waals surface area contributed by atoms with Crippen LogP contribution in [-0.2, 0) is 4.57 Å². The molecule has 1 unspecified atom stereocenters. The zero-order chi connectivity index (χ0) is 10.9. The molecule has 78 valence electrons. The molecule has 0 fully saturated rings. The Morgan fingerprint density at radius 1 is 1.50 bits per heavy atom. The molecular weight excluding hydrogens is 250 g/mol. The Kier molecular flexibility index (Phi) is 3.29. The van der Waals surface area contributed by atoms with E-state index in [9.17, 15) is 14.6 Å². The lowest BCUT2D eigenvalue weighted by atomic mass is 10.3. The molecule has 0 amide bonds. The molecule has 1 aromatic carbocycles. The van der Waals surface area contributed by atoms with E-state index in [2.05, 4.69) is 0 Å². The van der Waals surface area contributed by atoms with Crippen molar-refractivity contribution in [2.75, 3.05) is 5.09 Å². The molecule has 0 radical (unpaired) electrons. The summed E-state index contributed by atoms with van der Waals surface area (Å²) in [6.07, 6.45) is 0. The SMILES string of the molecule is NP(=O)([O-])Nc1c(O)cc(Cl)cc1Cl. The van der Waals surface area contributed by atoms with Crippen LogP contribution in [0.3, 0.4) is 0 Å². The number of aromatic hydroxyl groups is 1. The van der Waals surface area contributed by atoms with Gasteiger partial charge in [-0.05, 0) is 6.07 Å². The Morgan fingerprint density at radius 3 is 2.50 bits per heavy atom. The van der Waals surface area contributed by atoms with Gasteiger partial charge < -0.3 is 15.1 Å². The third-order valence-corrected chi connectivity index (χ3v) is 2.35. The molecule has 1 rings (SSSR count). The van der Waals surface area contributed by atoms with Crippen molar-refractivity contribution < 1.29 is 14.6 Å². The van der Waals surface area contributed by atoms with Crippen LogP contribution in [0.5, 0.6) is 5.75 Å². The number of halogens is 2. The second-order valence-electron chi connectivity index (χ2n) is 2.49. The van der Waals surface area contributed by atoms with Gasteiger partial charge in [0.25, 0.3) is 0 Å². The zero-order valence-electron chi connectivity index (χ0n) is 6.70. The van der Waals surface area contributed by atoms with Gasteiger partial charge in [0.2, 0.25) is 0 Å². The Morgan fingerprint density at radius 2 is 2.07 bits per heavy atom. The van der Waals surface area contributed by atoms with Gasteiger partial charge in [-0.1, -0.05) is 23.2 Å². The summed E-state index contributed by atoms with van der Waals surface area (Å²) in [5.74, 6) is -0.385. The Bertz CT molecular complexity index is 383. The van der Waals surface area contributed by atoms with Gasteiger partial charge in [-0.15, -0.1) is 0 Å². The topological polar surface area (TPSA) is 98.4 Å².